The number of aliphatic carboxylic acids is 1. The molecule has 198 valence electrons. The van der Waals surface area contributed by atoms with E-state index in [1.165, 1.54) is 6.07 Å². The normalized spacial score (nSPS) is 12.2. The first-order valence-electron chi connectivity index (χ1n) is 11.8. The Kier molecular flexibility index (Phi) is 7.41. The number of imidazole rings is 1. The van der Waals surface area contributed by atoms with Crippen LogP contribution in [-0.4, -0.2) is 35.5 Å². The Morgan fingerprint density at radius 1 is 0.923 bits per heavy atom. The Morgan fingerprint density at radius 3 is 2.46 bits per heavy atom. The van der Waals surface area contributed by atoms with Gasteiger partial charge < -0.3 is 15.4 Å². The van der Waals surface area contributed by atoms with E-state index in [1.54, 1.807) is 60.7 Å². The molecule has 0 bridgehead atoms. The summed E-state index contributed by atoms with van der Waals surface area (Å²) in [5, 5.41) is 14.7. The van der Waals surface area contributed by atoms with Crippen LogP contribution in [0.15, 0.2) is 95.2 Å². The predicted octanol–water partition coefficient (Wildman–Crippen LogP) is 5.43. The fourth-order valence-corrected chi connectivity index (χ4v) is 6.53. The summed E-state index contributed by atoms with van der Waals surface area (Å²) in [7, 11) is -4.00. The van der Waals surface area contributed by atoms with Crippen molar-refractivity contribution in [2.45, 2.75) is 16.7 Å². The van der Waals surface area contributed by atoms with Gasteiger partial charge in [-0.15, -0.1) is 11.3 Å². The van der Waals surface area contributed by atoms with Crippen molar-refractivity contribution in [3.05, 3.63) is 96.6 Å². The van der Waals surface area contributed by atoms with Crippen LogP contribution >= 0.6 is 11.3 Å². The molecular weight excluding hydrogens is 538 g/mol. The van der Waals surface area contributed by atoms with Gasteiger partial charge in [0.2, 0.25) is 5.95 Å². The van der Waals surface area contributed by atoms with Crippen molar-refractivity contribution in [3.63, 3.8) is 0 Å². The molecular formula is C27H23N5O5S2. The molecule has 1 atom stereocenters. The first-order chi connectivity index (χ1) is 18.8. The number of hydrogen-bond acceptors (Lipinski definition) is 6. The van der Waals surface area contributed by atoms with Gasteiger partial charge in [0.05, 0.1) is 23.5 Å². The molecule has 2 heterocycles. The van der Waals surface area contributed by atoms with Crippen molar-refractivity contribution in [2.75, 3.05) is 10.6 Å². The highest BCUT2D eigenvalue weighted by Gasteiger charge is 2.25. The molecule has 0 aliphatic rings. The number of nitrogens with zero attached hydrogens (tertiary/aromatic N) is 1. The third-order valence-electron chi connectivity index (χ3n) is 5.75. The van der Waals surface area contributed by atoms with Crippen LogP contribution < -0.4 is 15.4 Å². The van der Waals surface area contributed by atoms with Crippen molar-refractivity contribution in [1.29, 1.82) is 0 Å². The van der Waals surface area contributed by atoms with Gasteiger partial charge in [0.1, 0.15) is 4.21 Å². The molecule has 12 heteroatoms. The minimum Gasteiger partial charge on any atom is -0.481 e. The van der Waals surface area contributed by atoms with Crippen LogP contribution in [0.1, 0.15) is 18.0 Å². The number of para-hydroxylation sites is 2. The number of H-pyrrole nitrogens is 1. The number of carbonyl (C=O) groups is 2. The average molecular weight is 562 g/mol. The molecule has 5 N–H and O–H groups in total. The van der Waals surface area contributed by atoms with Gasteiger partial charge in [-0.1, -0.05) is 54.6 Å². The number of carboxylic acid groups (broad SMARTS) is 1. The minimum absolute atomic E-state index is 0.0461. The highest BCUT2D eigenvalue weighted by Crippen LogP contribution is 2.33. The molecule has 3 aromatic carbocycles. The number of aromatic amines is 1. The first kappa shape index (κ1) is 26.1. The largest absolute Gasteiger partial charge is 0.481 e. The van der Waals surface area contributed by atoms with E-state index in [0.717, 1.165) is 22.4 Å². The van der Waals surface area contributed by atoms with Crippen molar-refractivity contribution >= 4 is 56.0 Å². The van der Waals surface area contributed by atoms with Crippen LogP contribution in [0.5, 0.6) is 0 Å². The Hall–Kier alpha value is -4.52. The summed E-state index contributed by atoms with van der Waals surface area (Å²) in [6, 6.07) is 24.7. The van der Waals surface area contributed by atoms with E-state index < -0.39 is 34.5 Å². The third kappa shape index (κ3) is 6.32. The lowest BCUT2D eigenvalue weighted by molar-refractivity contribution is -0.137. The second-order valence-corrected chi connectivity index (χ2v) is 11.6. The number of nitrogens with one attached hydrogen (secondary N) is 4. The van der Waals surface area contributed by atoms with E-state index in [2.05, 4.69) is 25.3 Å². The third-order valence-corrected chi connectivity index (χ3v) is 8.85. The fraction of sp³-hybridized carbons (Fsp3) is 0.0741. The summed E-state index contributed by atoms with van der Waals surface area (Å²) < 4.78 is 28.8. The van der Waals surface area contributed by atoms with E-state index >= 15 is 0 Å². The topological polar surface area (TPSA) is 153 Å². The molecule has 39 heavy (non-hydrogen) atoms. The maximum Gasteiger partial charge on any atom is 0.326 e. The zero-order valence-corrected chi connectivity index (χ0v) is 21.9. The van der Waals surface area contributed by atoms with E-state index in [1.807, 2.05) is 24.3 Å². The number of fused-ring (bicyclic) bond motifs is 1. The number of urea groups is 1. The quantitative estimate of drug-likeness (QED) is 0.162. The van der Waals surface area contributed by atoms with E-state index in [4.69, 9.17) is 0 Å². The Bertz CT molecular complexity index is 1720. The van der Waals surface area contributed by atoms with Gasteiger partial charge in [0.15, 0.2) is 0 Å². The summed E-state index contributed by atoms with van der Waals surface area (Å²) >= 11 is 1.04. The molecule has 0 aliphatic carbocycles. The highest BCUT2D eigenvalue weighted by atomic mass is 32.2. The number of sulfonamides is 1. The lowest BCUT2D eigenvalue weighted by atomic mass is 10.1. The highest BCUT2D eigenvalue weighted by molar-refractivity contribution is 7.91. The molecule has 10 nitrogen and oxygen atoms in total. The molecule has 0 spiro atoms. The summed E-state index contributed by atoms with van der Waals surface area (Å²) in [6.45, 7) is 0. The van der Waals surface area contributed by atoms with Crippen LogP contribution in [-0.2, 0) is 14.8 Å². The summed E-state index contributed by atoms with van der Waals surface area (Å²) in [6.07, 6.45) is -0.398. The second kappa shape index (κ2) is 11.1. The van der Waals surface area contributed by atoms with Gasteiger partial charge in [-0.25, -0.2) is 22.9 Å². The predicted molar refractivity (Wildman–Crippen MR) is 150 cm³/mol. The zero-order valence-electron chi connectivity index (χ0n) is 20.3. The molecule has 0 saturated carbocycles. The maximum absolute atomic E-state index is 13.1. The van der Waals surface area contributed by atoms with Crippen LogP contribution in [0.2, 0.25) is 0 Å². The lowest BCUT2D eigenvalue weighted by Gasteiger charge is -2.16. The van der Waals surface area contributed by atoms with Crippen LogP contribution in [0.25, 0.3) is 21.5 Å². The van der Waals surface area contributed by atoms with E-state index in [9.17, 15) is 23.1 Å². The maximum atomic E-state index is 13.1. The molecule has 5 aromatic rings. The van der Waals surface area contributed by atoms with Gasteiger partial charge in [-0.2, -0.15) is 0 Å². The Balaban J connectivity index is 1.29. The molecule has 5 rings (SSSR count). The Labute approximate surface area is 227 Å². The summed E-state index contributed by atoms with van der Waals surface area (Å²) in [5.74, 6) is -0.811. The zero-order chi connectivity index (χ0) is 27.4. The molecule has 0 fully saturated rings. The molecule has 0 aliphatic heterocycles. The monoisotopic (exact) mass is 561 g/mol. The second-order valence-electron chi connectivity index (χ2n) is 8.56. The average Bonchev–Trinajstić information content (AvgIpc) is 3.56. The minimum atomic E-state index is -4.00. The summed E-state index contributed by atoms with van der Waals surface area (Å²) in [5.41, 5.74) is 3.28. The van der Waals surface area contributed by atoms with Gasteiger partial charge in [0, 0.05) is 10.6 Å². The fourth-order valence-electron chi connectivity index (χ4n) is 3.98. The molecule has 1 unspecified atom stereocenters. The standard InChI is InChI=1S/C27H23N5O5S2/c33-24(34)16-22(17-7-2-1-3-8-17)32-39(36,37)25-14-13-23(38-25)18-9-6-10-19(15-18)28-27(35)31-26-29-20-11-4-5-12-21(20)30-26/h1-15,22,32H,16H2,(H,33,34)(H3,28,29,30,31,35). The van der Waals surface area contributed by atoms with Crippen molar-refractivity contribution in [2.24, 2.45) is 0 Å². The van der Waals surface area contributed by atoms with Gasteiger partial charge in [-0.3, -0.25) is 10.1 Å². The van der Waals surface area contributed by atoms with E-state index in [0.29, 0.717) is 27.6 Å². The SMILES string of the molecule is O=C(O)CC(NS(=O)(=O)c1ccc(-c2cccc(NC(=O)Nc3nc4ccccc4[nH]3)c2)s1)c1ccccc1. The first-order valence-corrected chi connectivity index (χ1v) is 14.1. The Morgan fingerprint density at radius 2 is 1.69 bits per heavy atom. The summed E-state index contributed by atoms with van der Waals surface area (Å²) in [4.78, 5) is 31.9. The number of thiophene rings is 1. The number of carbonyl (C=O) groups excluding carboxylic acids is 1. The van der Waals surface area contributed by atoms with Crippen LogP contribution in [0, 0.1) is 0 Å². The number of hydrogen-bond donors (Lipinski definition) is 5. The number of amides is 2. The molecule has 0 radical (unpaired) electrons. The van der Waals surface area contributed by atoms with Crippen LogP contribution in [0.4, 0.5) is 16.4 Å². The molecule has 2 amide bonds. The number of anilines is 2. The van der Waals surface area contributed by atoms with Crippen molar-refractivity contribution in [1.82, 2.24) is 14.7 Å². The number of benzene rings is 3. The van der Waals surface area contributed by atoms with E-state index in [-0.39, 0.29) is 4.21 Å². The van der Waals surface area contributed by atoms with Crippen molar-refractivity contribution < 1.29 is 23.1 Å². The number of rotatable bonds is 9. The van der Waals surface area contributed by atoms with Gasteiger partial charge >= 0.3 is 12.0 Å². The van der Waals surface area contributed by atoms with Gasteiger partial charge in [0.25, 0.3) is 10.0 Å². The molecule has 2 aromatic heterocycles. The number of carboxylic acids is 1. The molecule has 0 saturated heterocycles. The van der Waals surface area contributed by atoms with Crippen molar-refractivity contribution in [3.8, 4) is 10.4 Å². The lowest BCUT2D eigenvalue weighted by Crippen LogP contribution is -2.29. The number of aromatic nitrogens is 2. The van der Waals surface area contributed by atoms with Gasteiger partial charge in [-0.05, 0) is 47.5 Å². The smallest absolute Gasteiger partial charge is 0.326 e. The van der Waals surface area contributed by atoms with Crippen LogP contribution in [0.3, 0.4) is 0 Å².